The Labute approximate surface area is 221 Å². The van der Waals surface area contributed by atoms with Gasteiger partial charge in [-0.15, -0.1) is 0 Å². The Hall–Kier alpha value is -3.70. The lowest BCUT2D eigenvalue weighted by Crippen LogP contribution is -2.38. The number of nitrogens with zero attached hydrogens (tertiary/aromatic N) is 4. The van der Waals surface area contributed by atoms with E-state index in [1.54, 1.807) is 24.5 Å². The minimum absolute atomic E-state index is 0.0242. The molecule has 38 heavy (non-hydrogen) atoms. The molecule has 0 bridgehead atoms. The van der Waals surface area contributed by atoms with Gasteiger partial charge >= 0.3 is 0 Å². The van der Waals surface area contributed by atoms with E-state index in [0.29, 0.717) is 36.5 Å². The number of hydrogen-bond acceptors (Lipinski definition) is 8. The van der Waals surface area contributed by atoms with Crippen molar-refractivity contribution in [1.82, 2.24) is 25.0 Å². The molecular formula is C27H34N6O5. The molecular weight excluding hydrogens is 488 g/mol. The molecule has 1 atom stereocenters. The minimum atomic E-state index is -0.581. The van der Waals surface area contributed by atoms with E-state index in [1.165, 1.54) is 0 Å². The number of carbonyl (C=O) groups is 2. The summed E-state index contributed by atoms with van der Waals surface area (Å²) in [6.07, 6.45) is 6.55. The van der Waals surface area contributed by atoms with Crippen LogP contribution in [0.3, 0.4) is 0 Å². The van der Waals surface area contributed by atoms with E-state index in [1.807, 2.05) is 24.7 Å². The highest BCUT2D eigenvalue weighted by Gasteiger charge is 2.23. The highest BCUT2D eigenvalue weighted by atomic mass is 16.5. The van der Waals surface area contributed by atoms with Crippen LogP contribution in [0.25, 0.3) is 21.9 Å². The monoisotopic (exact) mass is 522 g/mol. The average Bonchev–Trinajstić information content (AvgIpc) is 3.54. The molecule has 5 rings (SSSR count). The molecule has 202 valence electrons. The maximum atomic E-state index is 12.4. The first-order valence-corrected chi connectivity index (χ1v) is 13.1. The quantitative estimate of drug-likeness (QED) is 0.413. The van der Waals surface area contributed by atoms with Crippen LogP contribution in [-0.4, -0.2) is 83.1 Å². The van der Waals surface area contributed by atoms with Crippen molar-refractivity contribution in [2.45, 2.75) is 45.4 Å². The summed E-state index contributed by atoms with van der Waals surface area (Å²) >= 11 is 0. The summed E-state index contributed by atoms with van der Waals surface area (Å²) < 4.78 is 19.4. The van der Waals surface area contributed by atoms with Gasteiger partial charge < -0.3 is 25.3 Å². The SMILES string of the molecule is CC(C)Oc1cc2c(OC[C@@H]3CCC(=O)N3)ncc(-c3cnn(CCN4CCOCC4)c3)c2cc1C(N)=O. The lowest BCUT2D eigenvalue weighted by molar-refractivity contribution is -0.119. The summed E-state index contributed by atoms with van der Waals surface area (Å²) in [7, 11) is 0. The number of carbonyl (C=O) groups excluding carboxylic acids is 2. The first-order valence-electron chi connectivity index (χ1n) is 13.1. The Morgan fingerprint density at radius 1 is 1.21 bits per heavy atom. The van der Waals surface area contributed by atoms with Crippen LogP contribution in [0, 0.1) is 0 Å². The number of pyridine rings is 1. The number of hydrogen-bond donors (Lipinski definition) is 2. The van der Waals surface area contributed by atoms with Gasteiger partial charge in [-0.25, -0.2) is 4.98 Å². The third-order valence-electron chi connectivity index (χ3n) is 6.78. The maximum Gasteiger partial charge on any atom is 0.252 e. The zero-order valence-electron chi connectivity index (χ0n) is 21.8. The number of ether oxygens (including phenoxy) is 3. The van der Waals surface area contributed by atoms with Crippen LogP contribution in [0.1, 0.15) is 37.0 Å². The fraction of sp³-hybridized carbons (Fsp3) is 0.481. The molecule has 0 radical (unpaired) electrons. The van der Waals surface area contributed by atoms with Crippen molar-refractivity contribution in [2.75, 3.05) is 39.5 Å². The van der Waals surface area contributed by atoms with Gasteiger partial charge in [0, 0.05) is 55.0 Å². The largest absolute Gasteiger partial charge is 0.490 e. The van der Waals surface area contributed by atoms with Crippen molar-refractivity contribution in [2.24, 2.45) is 5.73 Å². The number of morpholine rings is 1. The summed E-state index contributed by atoms with van der Waals surface area (Å²) in [5.74, 6) is 0.215. The van der Waals surface area contributed by atoms with Gasteiger partial charge in [0.1, 0.15) is 12.4 Å². The second-order valence-electron chi connectivity index (χ2n) is 9.96. The Morgan fingerprint density at radius 3 is 2.74 bits per heavy atom. The lowest BCUT2D eigenvalue weighted by atomic mass is 9.99. The third kappa shape index (κ3) is 5.89. The molecule has 11 nitrogen and oxygen atoms in total. The number of amides is 2. The molecule has 2 aromatic heterocycles. The molecule has 0 spiro atoms. The van der Waals surface area contributed by atoms with Crippen LogP contribution in [-0.2, 0) is 16.1 Å². The molecule has 2 amide bonds. The van der Waals surface area contributed by atoms with Crippen LogP contribution in [0.15, 0.2) is 30.7 Å². The van der Waals surface area contributed by atoms with Gasteiger partial charge in [-0.1, -0.05) is 0 Å². The Kier molecular flexibility index (Phi) is 7.75. The smallest absolute Gasteiger partial charge is 0.252 e. The summed E-state index contributed by atoms with van der Waals surface area (Å²) in [4.78, 5) is 31.0. The zero-order chi connectivity index (χ0) is 26.6. The summed E-state index contributed by atoms with van der Waals surface area (Å²) in [5, 5.41) is 8.91. The Balaban J connectivity index is 1.48. The number of nitrogens with two attached hydrogens (primary N) is 1. The molecule has 2 aliphatic heterocycles. The van der Waals surface area contributed by atoms with Gasteiger partial charge in [-0.05, 0) is 37.8 Å². The fourth-order valence-electron chi connectivity index (χ4n) is 4.81. The highest BCUT2D eigenvalue weighted by Crippen LogP contribution is 2.37. The standard InChI is InChI=1S/C27H34N6O5/c1-17(2)38-24-12-21-20(11-22(24)26(28)35)23(14-29-27(21)37-16-19-3-4-25(34)31-19)18-13-30-33(15-18)6-5-32-7-9-36-10-8-32/h11-15,17,19H,3-10,16H2,1-2H3,(H2,28,35)(H,31,34)/t19-/m0/s1. The third-order valence-corrected chi connectivity index (χ3v) is 6.78. The summed E-state index contributed by atoms with van der Waals surface area (Å²) in [6.45, 7) is 9.06. The summed E-state index contributed by atoms with van der Waals surface area (Å²) in [6, 6.07) is 3.43. The van der Waals surface area contributed by atoms with Crippen LogP contribution >= 0.6 is 0 Å². The fourth-order valence-corrected chi connectivity index (χ4v) is 4.81. The molecule has 3 aromatic rings. The van der Waals surface area contributed by atoms with Crippen LogP contribution in [0.2, 0.25) is 0 Å². The van der Waals surface area contributed by atoms with Gasteiger partial charge in [-0.2, -0.15) is 5.10 Å². The second-order valence-corrected chi connectivity index (χ2v) is 9.96. The van der Waals surface area contributed by atoms with Gasteiger partial charge in [0.15, 0.2) is 0 Å². The second kappa shape index (κ2) is 11.4. The average molecular weight is 523 g/mol. The first kappa shape index (κ1) is 25.9. The van der Waals surface area contributed by atoms with Gasteiger partial charge in [0.05, 0.1) is 43.7 Å². The molecule has 1 aromatic carbocycles. The van der Waals surface area contributed by atoms with E-state index in [2.05, 4.69) is 20.3 Å². The number of fused-ring (bicyclic) bond motifs is 1. The van der Waals surface area contributed by atoms with E-state index in [0.717, 1.165) is 55.9 Å². The van der Waals surface area contributed by atoms with E-state index in [9.17, 15) is 9.59 Å². The van der Waals surface area contributed by atoms with E-state index in [4.69, 9.17) is 19.9 Å². The van der Waals surface area contributed by atoms with Crippen LogP contribution in [0.4, 0.5) is 0 Å². The number of aromatic nitrogens is 3. The van der Waals surface area contributed by atoms with Crippen molar-refractivity contribution >= 4 is 22.6 Å². The Bertz CT molecular complexity index is 1320. The van der Waals surface area contributed by atoms with Crippen molar-refractivity contribution in [1.29, 1.82) is 0 Å². The minimum Gasteiger partial charge on any atom is -0.490 e. The van der Waals surface area contributed by atoms with E-state index in [-0.39, 0.29) is 23.6 Å². The van der Waals surface area contributed by atoms with Crippen molar-refractivity contribution in [3.63, 3.8) is 0 Å². The lowest BCUT2D eigenvalue weighted by Gasteiger charge is -2.26. The molecule has 2 aliphatic rings. The van der Waals surface area contributed by atoms with Gasteiger partial charge in [-0.3, -0.25) is 19.2 Å². The van der Waals surface area contributed by atoms with Crippen LogP contribution in [0.5, 0.6) is 11.6 Å². The number of benzene rings is 1. The predicted octanol–water partition coefficient (Wildman–Crippen LogP) is 1.97. The van der Waals surface area contributed by atoms with Crippen molar-refractivity contribution < 1.29 is 23.8 Å². The molecule has 0 aliphatic carbocycles. The van der Waals surface area contributed by atoms with E-state index < -0.39 is 5.91 Å². The predicted molar refractivity (Wildman–Crippen MR) is 141 cm³/mol. The molecule has 3 N–H and O–H groups in total. The summed E-state index contributed by atoms with van der Waals surface area (Å²) in [5.41, 5.74) is 7.70. The molecule has 0 saturated carbocycles. The zero-order valence-corrected chi connectivity index (χ0v) is 21.8. The highest BCUT2D eigenvalue weighted by molar-refractivity contribution is 6.06. The molecule has 2 saturated heterocycles. The van der Waals surface area contributed by atoms with Crippen LogP contribution < -0.4 is 20.5 Å². The van der Waals surface area contributed by atoms with Crippen molar-refractivity contribution in [3.8, 4) is 22.8 Å². The molecule has 4 heterocycles. The number of primary amides is 1. The maximum absolute atomic E-state index is 12.4. The molecule has 11 heteroatoms. The van der Waals surface area contributed by atoms with E-state index >= 15 is 0 Å². The van der Waals surface area contributed by atoms with Gasteiger partial charge in [0.25, 0.3) is 5.91 Å². The van der Waals surface area contributed by atoms with Gasteiger partial charge in [0.2, 0.25) is 11.8 Å². The van der Waals surface area contributed by atoms with Crippen molar-refractivity contribution in [3.05, 3.63) is 36.3 Å². The molecule has 0 unspecified atom stereocenters. The molecule has 2 fully saturated rings. The normalized spacial score (nSPS) is 18.2. The first-order chi connectivity index (χ1) is 18.4. The number of nitrogens with one attached hydrogen (secondary N) is 1. The number of rotatable bonds is 10. The topological polar surface area (TPSA) is 134 Å². The Morgan fingerprint density at radius 2 is 2.03 bits per heavy atom.